The minimum atomic E-state index is -0.510. The van der Waals surface area contributed by atoms with Crippen molar-refractivity contribution in [3.8, 4) is 0 Å². The number of hydrogen-bond acceptors (Lipinski definition) is 4. The van der Waals surface area contributed by atoms with Gasteiger partial charge in [0, 0.05) is 31.0 Å². The van der Waals surface area contributed by atoms with Gasteiger partial charge in [0.2, 0.25) is 0 Å². The standard InChI is InChI=1S/C23H32N4O3/c1-18(2)17-30-23(29)25-21-12-8-11-20(15-21)24-22(28)27(14-13-26(3)4)16-19-9-6-5-7-10-19/h5-12,15,18H,13-14,16-17H2,1-4H3,(H,24,28)(H,25,29). The molecule has 2 rings (SSSR count). The van der Waals surface area contributed by atoms with Gasteiger partial charge < -0.3 is 19.9 Å². The number of nitrogens with one attached hydrogen (secondary N) is 2. The second kappa shape index (κ2) is 11.8. The molecule has 0 saturated carbocycles. The van der Waals surface area contributed by atoms with Crippen LogP contribution in [0, 0.1) is 5.92 Å². The van der Waals surface area contributed by atoms with Crippen LogP contribution in [0.2, 0.25) is 0 Å². The Morgan fingerprint density at radius 2 is 1.60 bits per heavy atom. The third kappa shape index (κ3) is 8.53. The van der Waals surface area contributed by atoms with E-state index >= 15 is 0 Å². The zero-order valence-electron chi connectivity index (χ0n) is 18.2. The van der Waals surface area contributed by atoms with Crippen LogP contribution in [0.4, 0.5) is 21.0 Å². The normalized spacial score (nSPS) is 10.7. The first-order valence-corrected chi connectivity index (χ1v) is 10.1. The number of urea groups is 1. The summed E-state index contributed by atoms with van der Waals surface area (Å²) < 4.78 is 5.14. The van der Waals surface area contributed by atoms with Crippen LogP contribution in [-0.2, 0) is 11.3 Å². The molecule has 0 aliphatic rings. The van der Waals surface area contributed by atoms with E-state index in [2.05, 4.69) is 10.6 Å². The van der Waals surface area contributed by atoms with Crippen molar-refractivity contribution in [3.63, 3.8) is 0 Å². The molecule has 2 aromatic carbocycles. The molecular weight excluding hydrogens is 380 g/mol. The smallest absolute Gasteiger partial charge is 0.411 e. The molecule has 3 amide bonds. The largest absolute Gasteiger partial charge is 0.449 e. The van der Waals surface area contributed by atoms with Crippen molar-refractivity contribution in [1.82, 2.24) is 9.80 Å². The summed E-state index contributed by atoms with van der Waals surface area (Å²) in [7, 11) is 3.96. The molecule has 0 bridgehead atoms. The summed E-state index contributed by atoms with van der Waals surface area (Å²) in [6, 6.07) is 16.7. The first kappa shape index (κ1) is 23.2. The van der Waals surface area contributed by atoms with Crippen molar-refractivity contribution in [3.05, 3.63) is 60.2 Å². The molecule has 2 N–H and O–H groups in total. The van der Waals surface area contributed by atoms with Crippen LogP contribution < -0.4 is 10.6 Å². The number of rotatable bonds is 9. The van der Waals surface area contributed by atoms with Crippen LogP contribution >= 0.6 is 0 Å². The molecule has 0 unspecified atom stereocenters. The minimum absolute atomic E-state index is 0.194. The van der Waals surface area contributed by atoms with E-state index in [-0.39, 0.29) is 11.9 Å². The average Bonchev–Trinajstić information content (AvgIpc) is 2.70. The van der Waals surface area contributed by atoms with Crippen LogP contribution in [0.25, 0.3) is 0 Å². The van der Waals surface area contributed by atoms with E-state index in [1.807, 2.05) is 63.2 Å². The summed E-state index contributed by atoms with van der Waals surface area (Å²) in [5.74, 6) is 0.263. The van der Waals surface area contributed by atoms with Gasteiger partial charge in [-0.3, -0.25) is 5.32 Å². The van der Waals surface area contributed by atoms with Crippen molar-refractivity contribution in [2.75, 3.05) is 44.4 Å². The Morgan fingerprint density at radius 1 is 0.933 bits per heavy atom. The molecule has 30 heavy (non-hydrogen) atoms. The predicted molar refractivity (Wildman–Crippen MR) is 121 cm³/mol. The number of nitrogens with zero attached hydrogens (tertiary/aromatic N) is 2. The molecular formula is C23H32N4O3. The Kier molecular flexibility index (Phi) is 9.15. The summed E-state index contributed by atoms with van der Waals surface area (Å²) in [6.07, 6.45) is -0.510. The monoisotopic (exact) mass is 412 g/mol. The fourth-order valence-electron chi connectivity index (χ4n) is 2.65. The van der Waals surface area contributed by atoms with Crippen LogP contribution in [0.3, 0.4) is 0 Å². The zero-order valence-corrected chi connectivity index (χ0v) is 18.2. The Bertz CT molecular complexity index is 809. The quantitative estimate of drug-likeness (QED) is 0.637. The lowest BCUT2D eigenvalue weighted by Crippen LogP contribution is -2.39. The molecule has 0 atom stereocenters. The molecule has 7 heteroatoms. The number of amides is 3. The molecule has 7 nitrogen and oxygen atoms in total. The lowest BCUT2D eigenvalue weighted by molar-refractivity contribution is 0.147. The number of carbonyl (C=O) groups is 2. The second-order valence-electron chi connectivity index (χ2n) is 7.84. The fourth-order valence-corrected chi connectivity index (χ4v) is 2.65. The topological polar surface area (TPSA) is 73.9 Å². The highest BCUT2D eigenvalue weighted by Gasteiger charge is 2.15. The van der Waals surface area contributed by atoms with Gasteiger partial charge >= 0.3 is 12.1 Å². The van der Waals surface area contributed by atoms with Gasteiger partial charge in [0.05, 0.1) is 6.61 Å². The van der Waals surface area contributed by atoms with Gasteiger partial charge in [-0.2, -0.15) is 0 Å². The third-order valence-corrected chi connectivity index (χ3v) is 4.23. The summed E-state index contributed by atoms with van der Waals surface area (Å²) >= 11 is 0. The lowest BCUT2D eigenvalue weighted by Gasteiger charge is -2.25. The molecule has 0 aliphatic heterocycles. The molecule has 0 heterocycles. The van der Waals surface area contributed by atoms with Crippen LogP contribution in [0.1, 0.15) is 19.4 Å². The van der Waals surface area contributed by atoms with Crippen molar-refractivity contribution in [2.45, 2.75) is 20.4 Å². The first-order chi connectivity index (χ1) is 14.3. The van der Waals surface area contributed by atoms with Gasteiger partial charge in [0.1, 0.15) is 0 Å². The maximum absolute atomic E-state index is 12.9. The van der Waals surface area contributed by atoms with E-state index < -0.39 is 6.09 Å². The van der Waals surface area contributed by atoms with Gasteiger partial charge in [-0.05, 0) is 43.8 Å². The molecule has 2 aromatic rings. The first-order valence-electron chi connectivity index (χ1n) is 10.1. The van der Waals surface area contributed by atoms with Gasteiger partial charge in [0.15, 0.2) is 0 Å². The van der Waals surface area contributed by atoms with E-state index in [0.29, 0.717) is 31.1 Å². The zero-order chi connectivity index (χ0) is 21.9. The minimum Gasteiger partial charge on any atom is -0.449 e. The molecule has 0 fully saturated rings. The Hall–Kier alpha value is -3.06. The van der Waals surface area contributed by atoms with E-state index in [9.17, 15) is 9.59 Å². The lowest BCUT2D eigenvalue weighted by atomic mass is 10.2. The molecule has 0 saturated heterocycles. The van der Waals surface area contributed by atoms with E-state index in [1.165, 1.54) is 0 Å². The highest BCUT2D eigenvalue weighted by molar-refractivity contribution is 5.91. The number of ether oxygens (including phenoxy) is 1. The second-order valence-corrected chi connectivity index (χ2v) is 7.84. The number of likely N-dealkylation sites (N-methyl/N-ethyl adjacent to an activating group) is 1. The Morgan fingerprint density at radius 3 is 2.23 bits per heavy atom. The van der Waals surface area contributed by atoms with E-state index in [0.717, 1.165) is 12.1 Å². The molecule has 0 aromatic heterocycles. The fraction of sp³-hybridized carbons (Fsp3) is 0.391. The SMILES string of the molecule is CC(C)COC(=O)Nc1cccc(NC(=O)N(CCN(C)C)Cc2ccccc2)c1. The maximum Gasteiger partial charge on any atom is 0.411 e. The summed E-state index contributed by atoms with van der Waals surface area (Å²) in [5, 5.41) is 5.61. The maximum atomic E-state index is 12.9. The number of hydrogen-bond donors (Lipinski definition) is 2. The van der Waals surface area contributed by atoms with Crippen LogP contribution in [0.15, 0.2) is 54.6 Å². The number of carbonyl (C=O) groups excluding carboxylic acids is 2. The predicted octanol–water partition coefficient (Wildman–Crippen LogP) is 4.49. The van der Waals surface area contributed by atoms with Crippen molar-refractivity contribution in [2.24, 2.45) is 5.92 Å². The Labute approximate surface area is 179 Å². The van der Waals surface area contributed by atoms with Crippen molar-refractivity contribution in [1.29, 1.82) is 0 Å². The Balaban J connectivity index is 2.02. The van der Waals surface area contributed by atoms with E-state index in [4.69, 9.17) is 4.74 Å². The number of anilines is 2. The molecule has 0 aliphatic carbocycles. The average molecular weight is 413 g/mol. The molecule has 162 valence electrons. The van der Waals surface area contributed by atoms with Gasteiger partial charge in [-0.1, -0.05) is 50.2 Å². The van der Waals surface area contributed by atoms with Gasteiger partial charge in [0.25, 0.3) is 0 Å². The van der Waals surface area contributed by atoms with Crippen molar-refractivity contribution >= 4 is 23.5 Å². The van der Waals surface area contributed by atoms with E-state index in [1.54, 1.807) is 29.2 Å². The highest BCUT2D eigenvalue weighted by Crippen LogP contribution is 2.17. The van der Waals surface area contributed by atoms with Gasteiger partial charge in [-0.15, -0.1) is 0 Å². The third-order valence-electron chi connectivity index (χ3n) is 4.23. The summed E-state index contributed by atoms with van der Waals surface area (Å²) in [6.45, 7) is 6.15. The van der Waals surface area contributed by atoms with Crippen molar-refractivity contribution < 1.29 is 14.3 Å². The summed E-state index contributed by atoms with van der Waals surface area (Å²) in [4.78, 5) is 28.6. The summed E-state index contributed by atoms with van der Waals surface area (Å²) in [5.41, 5.74) is 2.23. The van der Waals surface area contributed by atoms with Crippen LogP contribution in [0.5, 0.6) is 0 Å². The molecule has 0 spiro atoms. The molecule has 0 radical (unpaired) electrons. The van der Waals surface area contributed by atoms with Crippen LogP contribution in [-0.4, -0.2) is 55.7 Å². The highest BCUT2D eigenvalue weighted by atomic mass is 16.5. The number of benzene rings is 2. The van der Waals surface area contributed by atoms with Gasteiger partial charge in [-0.25, -0.2) is 9.59 Å².